The van der Waals surface area contributed by atoms with Crippen LogP contribution in [-0.2, 0) is 4.79 Å². The highest BCUT2D eigenvalue weighted by atomic mass is 32.2. The van der Waals surface area contributed by atoms with E-state index in [0.717, 1.165) is 18.1 Å². The van der Waals surface area contributed by atoms with Gasteiger partial charge in [-0.2, -0.15) is 11.8 Å². The minimum absolute atomic E-state index is 0.0500. The quantitative estimate of drug-likeness (QED) is 0.307. The highest BCUT2D eigenvalue weighted by Crippen LogP contribution is 2.31. The van der Waals surface area contributed by atoms with E-state index in [-0.39, 0.29) is 11.8 Å². The molecule has 0 aromatic heterocycles. The summed E-state index contributed by atoms with van der Waals surface area (Å²) in [7, 11) is 1.50. The largest absolute Gasteiger partial charge is 0.493 e. The van der Waals surface area contributed by atoms with Gasteiger partial charge in [-0.3, -0.25) is 9.59 Å². The molecule has 0 aliphatic carbocycles. The number of hydrogen-bond acceptors (Lipinski definition) is 5. The molecule has 4 nitrogen and oxygen atoms in total. The van der Waals surface area contributed by atoms with E-state index in [2.05, 4.69) is 11.8 Å². The van der Waals surface area contributed by atoms with Gasteiger partial charge in [-0.05, 0) is 56.6 Å². The van der Waals surface area contributed by atoms with Crippen molar-refractivity contribution in [1.82, 2.24) is 0 Å². The Balaban J connectivity index is 1.78. The number of unbranched alkanes of at least 4 members (excludes halogenated alkanes) is 1. The first kappa shape index (κ1) is 17.9. The third-order valence-electron chi connectivity index (χ3n) is 3.97. The van der Waals surface area contributed by atoms with Crippen LogP contribution in [0.1, 0.15) is 55.8 Å². The Labute approximate surface area is 141 Å². The number of rotatable bonds is 8. The maximum absolute atomic E-state index is 11.9. The van der Waals surface area contributed by atoms with Crippen LogP contribution in [0, 0.1) is 0 Å². The van der Waals surface area contributed by atoms with Gasteiger partial charge in [0.05, 0.1) is 7.11 Å². The second-order valence-corrected chi connectivity index (χ2v) is 7.18. The number of benzene rings is 1. The summed E-state index contributed by atoms with van der Waals surface area (Å²) in [6.45, 7) is 1.49. The molecule has 0 N–H and O–H groups in total. The monoisotopic (exact) mass is 336 g/mol. The van der Waals surface area contributed by atoms with E-state index in [1.54, 1.807) is 18.2 Å². The van der Waals surface area contributed by atoms with Crippen molar-refractivity contribution in [3.63, 3.8) is 0 Å². The average molecular weight is 336 g/mol. The van der Waals surface area contributed by atoms with E-state index in [4.69, 9.17) is 9.47 Å². The van der Waals surface area contributed by atoms with Gasteiger partial charge in [-0.1, -0.05) is 6.42 Å². The van der Waals surface area contributed by atoms with Crippen LogP contribution in [0.3, 0.4) is 0 Å². The molecule has 0 saturated carbocycles. The Morgan fingerprint density at radius 3 is 2.74 bits per heavy atom. The molecule has 23 heavy (non-hydrogen) atoms. The van der Waals surface area contributed by atoms with Crippen molar-refractivity contribution in [2.75, 3.05) is 12.9 Å². The zero-order chi connectivity index (χ0) is 16.7. The van der Waals surface area contributed by atoms with Gasteiger partial charge in [0.25, 0.3) is 0 Å². The van der Waals surface area contributed by atoms with Crippen LogP contribution in [0.4, 0.5) is 0 Å². The summed E-state index contributed by atoms with van der Waals surface area (Å²) in [4.78, 5) is 23.3. The fourth-order valence-electron chi connectivity index (χ4n) is 2.66. The summed E-state index contributed by atoms with van der Waals surface area (Å²) < 4.78 is 10.6. The fraction of sp³-hybridized carbons (Fsp3) is 0.556. The molecule has 1 aliphatic rings. The lowest BCUT2D eigenvalue weighted by Gasteiger charge is -2.11. The molecule has 1 aromatic rings. The van der Waals surface area contributed by atoms with E-state index in [1.165, 1.54) is 39.0 Å². The van der Waals surface area contributed by atoms with Gasteiger partial charge >= 0.3 is 5.97 Å². The summed E-state index contributed by atoms with van der Waals surface area (Å²) in [5.41, 5.74) is 0.538. The van der Waals surface area contributed by atoms with Gasteiger partial charge < -0.3 is 9.47 Å². The van der Waals surface area contributed by atoms with Gasteiger partial charge in [0, 0.05) is 17.2 Å². The maximum Gasteiger partial charge on any atom is 0.311 e. The number of ether oxygens (including phenoxy) is 2. The number of carbonyl (C=O) groups is 2. The summed E-state index contributed by atoms with van der Waals surface area (Å²) in [5, 5.41) is 0.783. The zero-order valence-electron chi connectivity index (χ0n) is 13.8. The number of esters is 1. The molecule has 0 radical (unpaired) electrons. The van der Waals surface area contributed by atoms with Crippen molar-refractivity contribution >= 4 is 23.5 Å². The summed E-state index contributed by atoms with van der Waals surface area (Å²) >= 11 is 2.05. The topological polar surface area (TPSA) is 52.6 Å². The van der Waals surface area contributed by atoms with Crippen LogP contribution in [0.5, 0.6) is 11.5 Å². The van der Waals surface area contributed by atoms with Crippen LogP contribution in [0.15, 0.2) is 18.2 Å². The fourth-order valence-corrected chi connectivity index (χ4v) is 3.99. The Bertz CT molecular complexity index is 550. The van der Waals surface area contributed by atoms with E-state index < -0.39 is 0 Å². The standard InChI is InChI=1S/C18H24O4S/c1-13(19)14-9-10-16(17(12-14)21-2)22-18(20)8-4-3-6-15-7-5-11-23-15/h9-10,12,15H,3-8,11H2,1-2H3. The predicted octanol–water partition coefficient (Wildman–Crippen LogP) is 4.26. The number of thioether (sulfide) groups is 1. The minimum Gasteiger partial charge on any atom is -0.493 e. The minimum atomic E-state index is -0.252. The van der Waals surface area contributed by atoms with Crippen molar-refractivity contribution in [2.45, 2.75) is 50.7 Å². The van der Waals surface area contributed by atoms with Gasteiger partial charge in [-0.25, -0.2) is 0 Å². The van der Waals surface area contributed by atoms with Crippen LogP contribution in [0.2, 0.25) is 0 Å². The molecule has 2 rings (SSSR count). The number of Topliss-reactive ketones (excluding diaryl/α,β-unsaturated/α-hetero) is 1. The van der Waals surface area contributed by atoms with Crippen molar-refractivity contribution < 1.29 is 19.1 Å². The summed E-state index contributed by atoms with van der Waals surface area (Å²) in [6, 6.07) is 4.86. The number of carbonyl (C=O) groups excluding carboxylic acids is 2. The molecule has 0 spiro atoms. The Morgan fingerprint density at radius 2 is 2.09 bits per heavy atom. The molecule has 0 amide bonds. The van der Waals surface area contributed by atoms with E-state index in [9.17, 15) is 9.59 Å². The molecular weight excluding hydrogens is 312 g/mol. The van der Waals surface area contributed by atoms with Crippen LogP contribution in [0.25, 0.3) is 0 Å². The molecule has 1 saturated heterocycles. The molecule has 1 aliphatic heterocycles. The van der Waals surface area contributed by atoms with Crippen molar-refractivity contribution in [2.24, 2.45) is 0 Å². The molecule has 5 heteroatoms. The first-order valence-electron chi connectivity index (χ1n) is 8.11. The zero-order valence-corrected chi connectivity index (χ0v) is 14.6. The molecule has 1 heterocycles. The lowest BCUT2D eigenvalue weighted by Crippen LogP contribution is -2.09. The van der Waals surface area contributed by atoms with Crippen LogP contribution >= 0.6 is 11.8 Å². The number of methoxy groups -OCH3 is 1. The van der Waals surface area contributed by atoms with Crippen LogP contribution < -0.4 is 9.47 Å². The summed E-state index contributed by atoms with van der Waals surface area (Å²) in [5.74, 6) is 1.76. The average Bonchev–Trinajstić information content (AvgIpc) is 3.05. The number of ketones is 1. The highest BCUT2D eigenvalue weighted by molar-refractivity contribution is 8.00. The number of hydrogen-bond donors (Lipinski definition) is 0. The lowest BCUT2D eigenvalue weighted by atomic mass is 10.1. The third kappa shape index (κ3) is 5.57. The maximum atomic E-state index is 11.9. The second kappa shape index (κ2) is 8.96. The van der Waals surface area contributed by atoms with Gasteiger partial charge in [-0.15, -0.1) is 0 Å². The van der Waals surface area contributed by atoms with E-state index in [1.807, 2.05) is 0 Å². The first-order chi connectivity index (χ1) is 11.1. The normalized spacial score (nSPS) is 17.0. The summed E-state index contributed by atoms with van der Waals surface area (Å²) in [6.07, 6.45) is 6.16. The molecule has 1 unspecified atom stereocenters. The third-order valence-corrected chi connectivity index (χ3v) is 5.44. The molecule has 1 fully saturated rings. The lowest BCUT2D eigenvalue weighted by molar-refractivity contribution is -0.134. The van der Waals surface area contributed by atoms with Crippen molar-refractivity contribution in [3.8, 4) is 11.5 Å². The second-order valence-electron chi connectivity index (χ2n) is 5.78. The van der Waals surface area contributed by atoms with E-state index >= 15 is 0 Å². The molecule has 0 bridgehead atoms. The predicted molar refractivity (Wildman–Crippen MR) is 92.6 cm³/mol. The smallest absolute Gasteiger partial charge is 0.311 e. The van der Waals surface area contributed by atoms with Crippen LogP contribution in [-0.4, -0.2) is 29.9 Å². The molecular formula is C18H24O4S. The SMILES string of the molecule is COc1cc(C(C)=O)ccc1OC(=O)CCCCC1CCCS1. The molecule has 1 aromatic carbocycles. The van der Waals surface area contributed by atoms with E-state index in [0.29, 0.717) is 23.5 Å². The molecule has 126 valence electrons. The molecule has 1 atom stereocenters. The first-order valence-corrected chi connectivity index (χ1v) is 9.16. The van der Waals surface area contributed by atoms with Crippen molar-refractivity contribution in [3.05, 3.63) is 23.8 Å². The highest BCUT2D eigenvalue weighted by Gasteiger charge is 2.16. The Hall–Kier alpha value is -1.49. The Morgan fingerprint density at radius 1 is 1.26 bits per heavy atom. The Kier molecular flexibility index (Phi) is 6.96. The van der Waals surface area contributed by atoms with Crippen molar-refractivity contribution in [1.29, 1.82) is 0 Å². The van der Waals surface area contributed by atoms with Gasteiger partial charge in [0.15, 0.2) is 17.3 Å². The van der Waals surface area contributed by atoms with Gasteiger partial charge in [0.1, 0.15) is 0 Å². The van der Waals surface area contributed by atoms with Gasteiger partial charge in [0.2, 0.25) is 0 Å².